The maximum atomic E-state index is 13.6. The van der Waals surface area contributed by atoms with Gasteiger partial charge in [-0.3, -0.25) is 4.79 Å². The summed E-state index contributed by atoms with van der Waals surface area (Å²) in [5, 5.41) is 11.3. The maximum absolute atomic E-state index is 13.6. The molecule has 3 aromatic carbocycles. The van der Waals surface area contributed by atoms with Gasteiger partial charge >= 0.3 is 12.1 Å². The van der Waals surface area contributed by atoms with Crippen LogP contribution in [0, 0.1) is 11.6 Å². The van der Waals surface area contributed by atoms with Crippen LogP contribution in [0.2, 0.25) is 0 Å². The van der Waals surface area contributed by atoms with Crippen molar-refractivity contribution in [1.82, 2.24) is 5.32 Å². The van der Waals surface area contributed by atoms with Gasteiger partial charge in [-0.25, -0.2) is 8.78 Å². The van der Waals surface area contributed by atoms with Crippen molar-refractivity contribution >= 4 is 11.6 Å². The van der Waals surface area contributed by atoms with Gasteiger partial charge in [-0.05, 0) is 64.6 Å². The normalized spacial score (nSPS) is 11.4. The van der Waals surface area contributed by atoms with E-state index in [0.29, 0.717) is 22.3 Å². The van der Waals surface area contributed by atoms with Crippen LogP contribution in [-0.2, 0) is 17.8 Å². The summed E-state index contributed by atoms with van der Waals surface area (Å²) < 4.78 is 64.7. The van der Waals surface area contributed by atoms with Crippen LogP contribution in [0.15, 0.2) is 54.6 Å². The zero-order valence-electron chi connectivity index (χ0n) is 15.9. The molecule has 0 aliphatic carbocycles. The Morgan fingerprint density at radius 1 is 0.935 bits per heavy atom. The molecule has 0 bridgehead atoms. The molecule has 0 spiro atoms. The van der Waals surface area contributed by atoms with Crippen LogP contribution in [0.25, 0.3) is 11.1 Å². The molecular formula is C22H17F5N2O2. The van der Waals surface area contributed by atoms with Gasteiger partial charge in [0.25, 0.3) is 0 Å². The Morgan fingerprint density at radius 2 is 1.55 bits per heavy atom. The zero-order chi connectivity index (χ0) is 22.8. The monoisotopic (exact) mass is 436 g/mol. The highest BCUT2D eigenvalue weighted by molar-refractivity contribution is 5.82. The van der Waals surface area contributed by atoms with E-state index in [1.165, 1.54) is 24.3 Å². The molecule has 162 valence electrons. The average Bonchev–Trinajstić information content (AvgIpc) is 2.67. The number of benzene rings is 3. The SMILES string of the molecule is Nc1cc(-c2ccc(O)cc2)c(Cc2cc(F)cc(F)c2)cc1CNC(=O)C(F)(F)F. The van der Waals surface area contributed by atoms with E-state index in [-0.39, 0.29) is 23.4 Å². The molecule has 0 saturated heterocycles. The highest BCUT2D eigenvalue weighted by Crippen LogP contribution is 2.32. The lowest BCUT2D eigenvalue weighted by Crippen LogP contribution is -2.36. The van der Waals surface area contributed by atoms with Crippen molar-refractivity contribution in [1.29, 1.82) is 0 Å². The molecule has 31 heavy (non-hydrogen) atoms. The third-order valence-electron chi connectivity index (χ3n) is 4.56. The molecule has 0 heterocycles. The lowest BCUT2D eigenvalue weighted by Gasteiger charge is -2.16. The number of alkyl halides is 3. The van der Waals surface area contributed by atoms with Crippen molar-refractivity contribution in [3.8, 4) is 16.9 Å². The fraction of sp³-hybridized carbons (Fsp3) is 0.136. The molecule has 0 atom stereocenters. The van der Waals surface area contributed by atoms with E-state index in [4.69, 9.17) is 5.73 Å². The van der Waals surface area contributed by atoms with Gasteiger partial charge in [0, 0.05) is 18.3 Å². The number of rotatable bonds is 5. The Morgan fingerprint density at radius 3 is 2.13 bits per heavy atom. The number of nitrogen functional groups attached to an aromatic ring is 1. The lowest BCUT2D eigenvalue weighted by molar-refractivity contribution is -0.173. The van der Waals surface area contributed by atoms with Crippen LogP contribution < -0.4 is 11.1 Å². The highest BCUT2D eigenvalue weighted by atomic mass is 19.4. The molecule has 3 rings (SSSR count). The first-order valence-corrected chi connectivity index (χ1v) is 9.03. The van der Waals surface area contributed by atoms with Gasteiger partial charge in [0.15, 0.2) is 0 Å². The number of hydrogen-bond donors (Lipinski definition) is 3. The van der Waals surface area contributed by atoms with Crippen molar-refractivity contribution in [3.63, 3.8) is 0 Å². The third-order valence-corrected chi connectivity index (χ3v) is 4.56. The number of phenolic OH excluding ortho intramolecular Hbond substituents is 1. The van der Waals surface area contributed by atoms with Crippen LogP contribution in [0.4, 0.5) is 27.6 Å². The molecule has 9 heteroatoms. The zero-order valence-corrected chi connectivity index (χ0v) is 15.9. The summed E-state index contributed by atoms with van der Waals surface area (Å²) in [6.07, 6.45) is -4.99. The number of nitrogens with one attached hydrogen (secondary N) is 1. The number of carbonyl (C=O) groups is 1. The van der Waals surface area contributed by atoms with Crippen LogP contribution in [0.1, 0.15) is 16.7 Å². The summed E-state index contributed by atoms with van der Waals surface area (Å²) in [6.45, 7) is -0.482. The van der Waals surface area contributed by atoms with E-state index in [9.17, 15) is 31.9 Å². The Balaban J connectivity index is 2.02. The molecule has 4 N–H and O–H groups in total. The second-order valence-electron chi connectivity index (χ2n) is 6.89. The van der Waals surface area contributed by atoms with Crippen LogP contribution in [0.5, 0.6) is 5.75 Å². The van der Waals surface area contributed by atoms with E-state index in [1.807, 2.05) is 0 Å². The van der Waals surface area contributed by atoms with Gasteiger partial charge in [0.1, 0.15) is 17.4 Å². The summed E-state index contributed by atoms with van der Waals surface area (Å²) >= 11 is 0. The lowest BCUT2D eigenvalue weighted by atomic mass is 9.92. The molecule has 0 unspecified atom stereocenters. The minimum absolute atomic E-state index is 0.0250. The smallest absolute Gasteiger partial charge is 0.471 e. The number of hydrogen-bond acceptors (Lipinski definition) is 3. The van der Waals surface area contributed by atoms with Crippen molar-refractivity contribution in [2.75, 3.05) is 5.73 Å². The van der Waals surface area contributed by atoms with Crippen molar-refractivity contribution < 1.29 is 31.9 Å². The van der Waals surface area contributed by atoms with Crippen LogP contribution in [-0.4, -0.2) is 17.2 Å². The molecule has 0 fully saturated rings. The Labute approximate surface area is 174 Å². The number of anilines is 1. The number of carbonyl (C=O) groups excluding carboxylic acids is 1. The largest absolute Gasteiger partial charge is 0.508 e. The van der Waals surface area contributed by atoms with Gasteiger partial charge in [-0.15, -0.1) is 0 Å². The maximum Gasteiger partial charge on any atom is 0.471 e. The van der Waals surface area contributed by atoms with E-state index in [1.54, 1.807) is 17.4 Å². The van der Waals surface area contributed by atoms with Crippen molar-refractivity contribution in [2.45, 2.75) is 19.1 Å². The number of halogens is 5. The molecular weight excluding hydrogens is 419 g/mol. The van der Waals surface area contributed by atoms with Gasteiger partial charge < -0.3 is 16.2 Å². The average molecular weight is 436 g/mol. The Kier molecular flexibility index (Phi) is 6.14. The summed E-state index contributed by atoms with van der Waals surface area (Å²) in [6, 6.07) is 12.1. The fourth-order valence-corrected chi connectivity index (χ4v) is 3.13. The first-order valence-electron chi connectivity index (χ1n) is 9.03. The van der Waals surface area contributed by atoms with Gasteiger partial charge in [0.05, 0.1) is 0 Å². The minimum atomic E-state index is -5.04. The standard InChI is InChI=1S/C22H17F5N2O2/c23-16-6-12(7-17(24)9-16)5-14-8-15(11-29-21(31)22(25,26)27)20(28)10-19(14)13-1-3-18(30)4-2-13/h1-4,6-10,30H,5,11,28H2,(H,29,31). The highest BCUT2D eigenvalue weighted by Gasteiger charge is 2.38. The first-order chi connectivity index (χ1) is 14.5. The van der Waals surface area contributed by atoms with Crippen molar-refractivity contribution in [3.05, 3.63) is 82.9 Å². The van der Waals surface area contributed by atoms with Crippen molar-refractivity contribution in [2.24, 2.45) is 0 Å². The van der Waals surface area contributed by atoms with E-state index >= 15 is 0 Å². The Bertz CT molecular complexity index is 1090. The van der Waals surface area contributed by atoms with Gasteiger partial charge in [0.2, 0.25) is 0 Å². The van der Waals surface area contributed by atoms with E-state index in [2.05, 4.69) is 0 Å². The predicted molar refractivity (Wildman–Crippen MR) is 105 cm³/mol. The number of phenols is 1. The third kappa shape index (κ3) is 5.50. The summed E-state index contributed by atoms with van der Waals surface area (Å²) in [4.78, 5) is 11.1. The fourth-order valence-electron chi connectivity index (χ4n) is 3.13. The molecule has 0 saturated carbocycles. The summed E-state index contributed by atoms with van der Waals surface area (Å²) in [5.74, 6) is -3.62. The van der Waals surface area contributed by atoms with Crippen LogP contribution >= 0.6 is 0 Å². The van der Waals surface area contributed by atoms with Gasteiger partial charge in [-0.1, -0.05) is 18.2 Å². The first kappa shape index (κ1) is 22.1. The number of nitrogens with two attached hydrogens (primary N) is 1. The summed E-state index contributed by atoms with van der Waals surface area (Å²) in [5.41, 5.74) is 8.34. The Hall–Kier alpha value is -3.62. The summed E-state index contributed by atoms with van der Waals surface area (Å²) in [7, 11) is 0. The van der Waals surface area contributed by atoms with E-state index < -0.39 is 30.3 Å². The van der Waals surface area contributed by atoms with E-state index in [0.717, 1.165) is 18.2 Å². The molecule has 0 aliphatic rings. The topological polar surface area (TPSA) is 75.3 Å². The molecule has 1 amide bonds. The molecule has 4 nitrogen and oxygen atoms in total. The molecule has 0 radical (unpaired) electrons. The number of amides is 1. The second-order valence-corrected chi connectivity index (χ2v) is 6.89. The molecule has 0 aliphatic heterocycles. The van der Waals surface area contributed by atoms with Gasteiger partial charge in [-0.2, -0.15) is 13.2 Å². The number of aromatic hydroxyl groups is 1. The predicted octanol–water partition coefficient (Wildman–Crippen LogP) is 4.69. The van der Waals surface area contributed by atoms with Crippen LogP contribution in [0.3, 0.4) is 0 Å². The molecule has 0 aromatic heterocycles. The molecule has 3 aromatic rings. The minimum Gasteiger partial charge on any atom is -0.508 e. The second kappa shape index (κ2) is 8.63. The quantitative estimate of drug-likeness (QED) is 0.401.